The maximum absolute atomic E-state index is 11.7. The fraction of sp³-hybridized carbons (Fsp3) is 0.667. The summed E-state index contributed by atoms with van der Waals surface area (Å²) < 4.78 is 28.8. The molecule has 0 aliphatic heterocycles. The van der Waals surface area contributed by atoms with Crippen molar-refractivity contribution in [2.75, 3.05) is 11.0 Å². The Morgan fingerprint density at radius 2 is 2.25 bits per heavy atom. The first-order valence-corrected chi connectivity index (χ1v) is 8.18. The van der Waals surface area contributed by atoms with E-state index in [0.29, 0.717) is 6.54 Å². The largest absolute Gasteiger partial charge is 0.336 e. The molecule has 0 aliphatic rings. The molecule has 16 heavy (non-hydrogen) atoms. The molecule has 1 N–H and O–H groups in total. The van der Waals surface area contributed by atoms with Crippen molar-refractivity contribution >= 4 is 32.6 Å². The Labute approximate surface area is 110 Å². The van der Waals surface area contributed by atoms with Gasteiger partial charge in [-0.3, -0.25) is 0 Å². The second-order valence-corrected chi connectivity index (χ2v) is 6.13. The highest BCUT2D eigenvalue weighted by molar-refractivity contribution is 14.1. The average molecular weight is 357 g/mol. The quantitative estimate of drug-likeness (QED) is 0.456. The van der Waals surface area contributed by atoms with Crippen molar-refractivity contribution in [3.05, 3.63) is 12.5 Å². The molecule has 1 rings (SSSR count). The van der Waals surface area contributed by atoms with Gasteiger partial charge in [-0.25, -0.2) is 18.1 Å². The van der Waals surface area contributed by atoms with Crippen LogP contribution in [0.1, 0.15) is 19.8 Å². The van der Waals surface area contributed by atoms with Gasteiger partial charge in [0, 0.05) is 19.3 Å². The summed E-state index contributed by atoms with van der Waals surface area (Å²) in [4.78, 5) is 3.87. The number of rotatable bonds is 7. The van der Waals surface area contributed by atoms with Crippen molar-refractivity contribution in [2.45, 2.75) is 31.3 Å². The number of unbranched alkanes of at least 4 members (excludes halogenated alkanes) is 1. The fourth-order valence-electron chi connectivity index (χ4n) is 1.15. The minimum absolute atomic E-state index is 0.101. The molecule has 0 bridgehead atoms. The number of nitrogens with zero attached hydrogens (tertiary/aromatic N) is 2. The fourth-order valence-corrected chi connectivity index (χ4v) is 2.71. The topological polar surface area (TPSA) is 64.0 Å². The Balaban J connectivity index is 2.56. The van der Waals surface area contributed by atoms with Gasteiger partial charge in [0.05, 0.1) is 6.33 Å². The first-order chi connectivity index (χ1) is 7.60. The zero-order chi connectivity index (χ0) is 12.0. The van der Waals surface area contributed by atoms with Gasteiger partial charge in [-0.2, -0.15) is 0 Å². The maximum Gasteiger partial charge on any atom is 0.259 e. The molecule has 0 saturated carbocycles. The maximum atomic E-state index is 11.7. The summed E-state index contributed by atoms with van der Waals surface area (Å²) in [5.41, 5.74) is 0. The van der Waals surface area contributed by atoms with Gasteiger partial charge in [-0.05, 0) is 24.2 Å². The molecule has 92 valence electrons. The number of alkyl halides is 1. The van der Waals surface area contributed by atoms with Gasteiger partial charge in [0.1, 0.15) is 0 Å². The van der Waals surface area contributed by atoms with Crippen molar-refractivity contribution < 1.29 is 8.42 Å². The first kappa shape index (κ1) is 13.9. The zero-order valence-electron chi connectivity index (χ0n) is 9.19. The smallest absolute Gasteiger partial charge is 0.259 e. The Morgan fingerprint density at radius 1 is 1.50 bits per heavy atom. The molecule has 0 atom stereocenters. The van der Waals surface area contributed by atoms with Crippen LogP contribution in [0.2, 0.25) is 0 Å². The zero-order valence-corrected chi connectivity index (χ0v) is 12.2. The summed E-state index contributed by atoms with van der Waals surface area (Å²) in [5.74, 6) is 0. The van der Waals surface area contributed by atoms with Gasteiger partial charge in [-0.1, -0.05) is 22.6 Å². The minimum Gasteiger partial charge on any atom is -0.336 e. The van der Waals surface area contributed by atoms with Crippen molar-refractivity contribution in [2.24, 2.45) is 0 Å². The highest BCUT2D eigenvalue weighted by atomic mass is 127. The van der Waals surface area contributed by atoms with Gasteiger partial charge in [0.25, 0.3) is 10.0 Å². The number of hydrogen-bond acceptors (Lipinski definition) is 3. The van der Waals surface area contributed by atoms with E-state index in [2.05, 4.69) is 32.3 Å². The molecule has 5 nitrogen and oxygen atoms in total. The van der Waals surface area contributed by atoms with E-state index in [-0.39, 0.29) is 5.03 Å². The van der Waals surface area contributed by atoms with Crippen molar-refractivity contribution in [1.82, 2.24) is 14.3 Å². The van der Waals surface area contributed by atoms with Crippen LogP contribution >= 0.6 is 22.6 Å². The summed E-state index contributed by atoms with van der Waals surface area (Å²) in [6.07, 6.45) is 4.95. The second-order valence-electron chi connectivity index (χ2n) is 3.34. The van der Waals surface area contributed by atoms with Gasteiger partial charge in [0.2, 0.25) is 0 Å². The molecular weight excluding hydrogens is 341 g/mol. The van der Waals surface area contributed by atoms with E-state index >= 15 is 0 Å². The van der Waals surface area contributed by atoms with E-state index in [1.165, 1.54) is 6.33 Å². The molecule has 0 fully saturated rings. The molecule has 7 heteroatoms. The van der Waals surface area contributed by atoms with E-state index in [1.807, 2.05) is 6.92 Å². The minimum atomic E-state index is -3.41. The molecular formula is C9H16IN3O2S. The van der Waals surface area contributed by atoms with Crippen LogP contribution in [-0.4, -0.2) is 28.9 Å². The second kappa shape index (κ2) is 6.55. The molecule has 1 aromatic rings. The number of imidazole rings is 1. The lowest BCUT2D eigenvalue weighted by Gasteiger charge is -2.02. The predicted octanol–water partition coefficient (Wildman–Crippen LogP) is 1.40. The number of halogens is 1. The summed E-state index contributed by atoms with van der Waals surface area (Å²) in [7, 11) is -3.41. The van der Waals surface area contributed by atoms with Gasteiger partial charge in [-0.15, -0.1) is 0 Å². The summed E-state index contributed by atoms with van der Waals surface area (Å²) >= 11 is 2.27. The van der Waals surface area contributed by atoms with Crippen LogP contribution in [0.25, 0.3) is 0 Å². The third-order valence-corrected chi connectivity index (χ3v) is 4.21. The van der Waals surface area contributed by atoms with Gasteiger partial charge >= 0.3 is 0 Å². The number of hydrogen-bond donors (Lipinski definition) is 1. The van der Waals surface area contributed by atoms with Crippen LogP contribution in [0.5, 0.6) is 0 Å². The molecule has 0 spiro atoms. The first-order valence-electron chi connectivity index (χ1n) is 5.17. The molecule has 0 aromatic carbocycles. The SMILES string of the molecule is CCn1cnc(S(=O)(=O)NCCCCI)c1. The van der Waals surface area contributed by atoms with E-state index < -0.39 is 10.0 Å². The normalized spacial score (nSPS) is 11.9. The van der Waals surface area contributed by atoms with Crippen LogP contribution in [0, 0.1) is 0 Å². The predicted molar refractivity (Wildman–Crippen MR) is 71.2 cm³/mol. The van der Waals surface area contributed by atoms with Crippen molar-refractivity contribution in [3.63, 3.8) is 0 Å². The third kappa shape index (κ3) is 4.02. The lowest BCUT2D eigenvalue weighted by Crippen LogP contribution is -2.25. The van der Waals surface area contributed by atoms with E-state index in [0.717, 1.165) is 23.8 Å². The Kier molecular flexibility index (Phi) is 5.70. The number of sulfonamides is 1. The highest BCUT2D eigenvalue weighted by Crippen LogP contribution is 2.05. The number of nitrogens with one attached hydrogen (secondary N) is 1. The van der Waals surface area contributed by atoms with E-state index in [9.17, 15) is 8.42 Å². The van der Waals surface area contributed by atoms with Crippen LogP contribution in [0.3, 0.4) is 0 Å². The standard InChI is InChI=1S/C9H16IN3O2S/c1-2-13-7-9(11-8-13)16(14,15)12-6-4-3-5-10/h7-8,12H,2-6H2,1H3. The van der Waals surface area contributed by atoms with Crippen LogP contribution in [0.4, 0.5) is 0 Å². The Hall–Kier alpha value is -0.150. The summed E-state index contributed by atoms with van der Waals surface area (Å²) in [5, 5.41) is 0.101. The average Bonchev–Trinajstić information content (AvgIpc) is 2.73. The summed E-state index contributed by atoms with van der Waals surface area (Å²) in [6.45, 7) is 3.13. The van der Waals surface area contributed by atoms with Crippen molar-refractivity contribution in [3.8, 4) is 0 Å². The molecule has 0 saturated heterocycles. The van der Waals surface area contributed by atoms with Gasteiger partial charge < -0.3 is 4.57 Å². The van der Waals surface area contributed by atoms with E-state index in [4.69, 9.17) is 0 Å². The lowest BCUT2D eigenvalue weighted by molar-refractivity contribution is 0.575. The monoisotopic (exact) mass is 357 g/mol. The molecule has 0 radical (unpaired) electrons. The van der Waals surface area contributed by atoms with E-state index in [1.54, 1.807) is 10.8 Å². The molecule has 1 heterocycles. The van der Waals surface area contributed by atoms with Crippen LogP contribution in [0.15, 0.2) is 17.6 Å². The Bertz CT molecular complexity index is 416. The third-order valence-electron chi connectivity index (χ3n) is 2.10. The highest BCUT2D eigenvalue weighted by Gasteiger charge is 2.15. The lowest BCUT2D eigenvalue weighted by atomic mass is 10.3. The van der Waals surface area contributed by atoms with Gasteiger partial charge in [0.15, 0.2) is 5.03 Å². The number of aromatic nitrogens is 2. The van der Waals surface area contributed by atoms with Crippen LogP contribution in [-0.2, 0) is 16.6 Å². The Morgan fingerprint density at radius 3 is 2.81 bits per heavy atom. The van der Waals surface area contributed by atoms with Crippen molar-refractivity contribution in [1.29, 1.82) is 0 Å². The molecule has 0 amide bonds. The van der Waals surface area contributed by atoms with Crippen LogP contribution < -0.4 is 4.72 Å². The molecule has 0 unspecified atom stereocenters. The molecule has 1 aromatic heterocycles. The number of aryl methyl sites for hydroxylation is 1. The molecule has 0 aliphatic carbocycles. The summed E-state index contributed by atoms with van der Waals surface area (Å²) in [6, 6.07) is 0.